The van der Waals surface area contributed by atoms with E-state index in [-0.39, 0.29) is 12.1 Å². The van der Waals surface area contributed by atoms with Gasteiger partial charge in [-0.3, -0.25) is 0 Å². The second-order valence-electron chi connectivity index (χ2n) is 4.34. The first-order valence-corrected chi connectivity index (χ1v) is 5.10. The van der Waals surface area contributed by atoms with Crippen molar-refractivity contribution in [1.82, 2.24) is 5.32 Å². The quantitative estimate of drug-likeness (QED) is 0.683. The van der Waals surface area contributed by atoms with Crippen LogP contribution in [0.4, 0.5) is 0 Å². The monoisotopic (exact) mass is 187 g/mol. The molecule has 2 N–H and O–H groups in total. The Hall–Kier alpha value is -0.120. The third kappa shape index (κ3) is 3.63. The number of aliphatic hydroxyl groups excluding tert-OH is 1. The Morgan fingerprint density at radius 3 is 2.62 bits per heavy atom. The lowest BCUT2D eigenvalue weighted by atomic mass is 9.92. The molecular formula is C10H21NO2. The van der Waals surface area contributed by atoms with Gasteiger partial charge in [0.1, 0.15) is 0 Å². The summed E-state index contributed by atoms with van der Waals surface area (Å²) in [5.41, 5.74) is 0.224. The zero-order valence-electron chi connectivity index (χ0n) is 8.68. The topological polar surface area (TPSA) is 41.5 Å². The Kier molecular flexibility index (Phi) is 4.16. The second-order valence-corrected chi connectivity index (χ2v) is 4.34. The Balaban J connectivity index is 2.24. The molecule has 0 bridgehead atoms. The van der Waals surface area contributed by atoms with Crippen LogP contribution in [0, 0.1) is 5.92 Å². The van der Waals surface area contributed by atoms with Crippen LogP contribution in [-0.2, 0) is 4.74 Å². The minimum absolute atomic E-state index is 0.224. The van der Waals surface area contributed by atoms with E-state index in [0.29, 0.717) is 5.92 Å². The lowest BCUT2D eigenvalue weighted by Crippen LogP contribution is -2.48. The zero-order chi connectivity index (χ0) is 9.73. The van der Waals surface area contributed by atoms with Crippen molar-refractivity contribution in [1.29, 1.82) is 0 Å². The van der Waals surface area contributed by atoms with Crippen molar-refractivity contribution >= 4 is 0 Å². The van der Waals surface area contributed by atoms with E-state index in [1.807, 2.05) is 0 Å². The van der Waals surface area contributed by atoms with E-state index in [1.165, 1.54) is 0 Å². The number of hydrogen-bond donors (Lipinski definition) is 2. The van der Waals surface area contributed by atoms with Crippen molar-refractivity contribution in [2.75, 3.05) is 26.4 Å². The van der Waals surface area contributed by atoms with Crippen molar-refractivity contribution in [2.45, 2.75) is 32.2 Å². The van der Waals surface area contributed by atoms with Crippen molar-refractivity contribution in [3.8, 4) is 0 Å². The average molecular weight is 187 g/mol. The van der Waals surface area contributed by atoms with Gasteiger partial charge >= 0.3 is 0 Å². The van der Waals surface area contributed by atoms with Gasteiger partial charge in [-0.15, -0.1) is 0 Å². The van der Waals surface area contributed by atoms with E-state index in [4.69, 9.17) is 9.84 Å². The predicted octanol–water partition coefficient (Wildman–Crippen LogP) is 0.773. The number of nitrogens with one attached hydrogen (secondary N) is 1. The Labute approximate surface area is 80.5 Å². The summed E-state index contributed by atoms with van der Waals surface area (Å²) in [5.74, 6) is 0.347. The molecule has 0 saturated carbocycles. The van der Waals surface area contributed by atoms with Gasteiger partial charge in [0, 0.05) is 31.9 Å². The number of hydrogen-bond acceptors (Lipinski definition) is 3. The summed E-state index contributed by atoms with van der Waals surface area (Å²) >= 11 is 0. The standard InChI is InChI=1S/C10H21NO2/c1-9(8-12)7-11-10(2)3-5-13-6-4-10/h9,11-12H,3-8H2,1-2H3. The predicted molar refractivity (Wildman–Crippen MR) is 52.7 cm³/mol. The first-order valence-electron chi connectivity index (χ1n) is 5.10. The summed E-state index contributed by atoms with van der Waals surface area (Å²) in [6, 6.07) is 0. The molecule has 0 aliphatic carbocycles. The SMILES string of the molecule is CC(CO)CNC1(C)CCOCC1. The summed E-state index contributed by atoms with van der Waals surface area (Å²) in [5, 5.41) is 12.4. The van der Waals surface area contributed by atoms with Crippen molar-refractivity contribution in [2.24, 2.45) is 5.92 Å². The normalized spacial score (nSPS) is 24.2. The number of rotatable bonds is 4. The van der Waals surface area contributed by atoms with Crippen LogP contribution in [0.25, 0.3) is 0 Å². The van der Waals surface area contributed by atoms with E-state index in [9.17, 15) is 0 Å². The molecule has 1 atom stereocenters. The molecule has 0 radical (unpaired) electrons. The first-order chi connectivity index (χ1) is 6.16. The summed E-state index contributed by atoms with van der Waals surface area (Å²) in [6.45, 7) is 7.16. The molecular weight excluding hydrogens is 166 g/mol. The molecule has 1 aliphatic rings. The molecule has 0 aromatic heterocycles. The van der Waals surface area contributed by atoms with Gasteiger partial charge in [-0.2, -0.15) is 0 Å². The summed E-state index contributed by atoms with van der Waals surface area (Å²) in [4.78, 5) is 0. The van der Waals surface area contributed by atoms with Gasteiger partial charge in [0.05, 0.1) is 0 Å². The van der Waals surface area contributed by atoms with Crippen LogP contribution >= 0.6 is 0 Å². The molecule has 3 nitrogen and oxygen atoms in total. The molecule has 3 heteroatoms. The van der Waals surface area contributed by atoms with Gasteiger partial charge in [0.2, 0.25) is 0 Å². The first kappa shape index (κ1) is 11.0. The highest BCUT2D eigenvalue weighted by Gasteiger charge is 2.26. The molecule has 1 aliphatic heterocycles. The summed E-state index contributed by atoms with van der Waals surface area (Å²) in [6.07, 6.45) is 2.15. The van der Waals surface area contributed by atoms with Gasteiger partial charge in [0.25, 0.3) is 0 Å². The molecule has 13 heavy (non-hydrogen) atoms. The molecule has 0 spiro atoms. The average Bonchev–Trinajstić information content (AvgIpc) is 2.15. The third-order valence-electron chi connectivity index (χ3n) is 2.79. The van der Waals surface area contributed by atoms with Crippen LogP contribution < -0.4 is 5.32 Å². The molecule has 78 valence electrons. The van der Waals surface area contributed by atoms with Crippen LogP contribution in [0.1, 0.15) is 26.7 Å². The highest BCUT2D eigenvalue weighted by molar-refractivity contribution is 4.85. The highest BCUT2D eigenvalue weighted by Crippen LogP contribution is 2.19. The van der Waals surface area contributed by atoms with Crippen molar-refractivity contribution in [3.63, 3.8) is 0 Å². The van der Waals surface area contributed by atoms with E-state index < -0.39 is 0 Å². The third-order valence-corrected chi connectivity index (χ3v) is 2.79. The van der Waals surface area contributed by atoms with E-state index in [1.54, 1.807) is 0 Å². The maximum Gasteiger partial charge on any atom is 0.0483 e. The maximum atomic E-state index is 8.88. The molecule has 1 rings (SSSR count). The molecule has 0 aromatic carbocycles. The second kappa shape index (κ2) is 4.94. The highest BCUT2D eigenvalue weighted by atomic mass is 16.5. The molecule has 1 heterocycles. The van der Waals surface area contributed by atoms with E-state index in [0.717, 1.165) is 32.6 Å². The van der Waals surface area contributed by atoms with E-state index >= 15 is 0 Å². The van der Waals surface area contributed by atoms with Crippen molar-refractivity contribution < 1.29 is 9.84 Å². The fourth-order valence-corrected chi connectivity index (χ4v) is 1.48. The van der Waals surface area contributed by atoms with E-state index in [2.05, 4.69) is 19.2 Å². The number of aliphatic hydroxyl groups is 1. The Bertz CT molecular complexity index is 144. The fourth-order valence-electron chi connectivity index (χ4n) is 1.48. The lowest BCUT2D eigenvalue weighted by Gasteiger charge is -2.35. The van der Waals surface area contributed by atoms with Crippen LogP contribution in [0.5, 0.6) is 0 Å². The van der Waals surface area contributed by atoms with Crippen LogP contribution in [0.2, 0.25) is 0 Å². The molecule has 1 saturated heterocycles. The van der Waals surface area contributed by atoms with Gasteiger partial charge in [0.15, 0.2) is 0 Å². The molecule has 0 aromatic rings. The summed E-state index contributed by atoms with van der Waals surface area (Å²) < 4.78 is 5.31. The summed E-state index contributed by atoms with van der Waals surface area (Å²) in [7, 11) is 0. The molecule has 1 fully saturated rings. The van der Waals surface area contributed by atoms with Crippen LogP contribution in [0.3, 0.4) is 0 Å². The molecule has 0 amide bonds. The van der Waals surface area contributed by atoms with Gasteiger partial charge in [-0.25, -0.2) is 0 Å². The Morgan fingerprint density at radius 2 is 2.08 bits per heavy atom. The van der Waals surface area contributed by atoms with Crippen LogP contribution in [0.15, 0.2) is 0 Å². The van der Waals surface area contributed by atoms with Crippen molar-refractivity contribution in [3.05, 3.63) is 0 Å². The van der Waals surface area contributed by atoms with Gasteiger partial charge in [-0.05, 0) is 25.7 Å². The fraction of sp³-hybridized carbons (Fsp3) is 1.00. The lowest BCUT2D eigenvalue weighted by molar-refractivity contribution is 0.0429. The minimum atomic E-state index is 0.224. The number of ether oxygens (including phenoxy) is 1. The largest absolute Gasteiger partial charge is 0.396 e. The van der Waals surface area contributed by atoms with Gasteiger partial charge < -0.3 is 15.2 Å². The minimum Gasteiger partial charge on any atom is -0.396 e. The molecule has 1 unspecified atom stereocenters. The Morgan fingerprint density at radius 1 is 1.46 bits per heavy atom. The van der Waals surface area contributed by atoms with Crippen LogP contribution in [-0.4, -0.2) is 37.0 Å². The van der Waals surface area contributed by atoms with Gasteiger partial charge in [-0.1, -0.05) is 6.92 Å². The maximum absolute atomic E-state index is 8.88. The zero-order valence-corrected chi connectivity index (χ0v) is 8.68. The smallest absolute Gasteiger partial charge is 0.0483 e.